The van der Waals surface area contributed by atoms with Crippen molar-refractivity contribution in [2.45, 2.75) is 4.21 Å². The minimum absolute atomic E-state index is 1.04. The molecule has 0 N–H and O–H groups in total. The van der Waals surface area contributed by atoms with E-state index in [9.17, 15) is 0 Å². The van der Waals surface area contributed by atoms with Crippen LogP contribution in [-0.4, -0.2) is 11.2 Å². The normalized spacial score (nSPS) is 11.0. The average Bonchev–Trinajstić information content (AvgIpc) is 2.37. The fraction of sp³-hybridized carbons (Fsp3) is 0.167. The number of hydrogen-bond acceptors (Lipinski definition) is 3. The zero-order chi connectivity index (χ0) is 7.40. The third-order valence-corrected chi connectivity index (χ3v) is 3.19. The van der Waals surface area contributed by atoms with Crippen LogP contribution in [0.3, 0.4) is 0 Å². The fourth-order valence-electron chi connectivity index (χ4n) is 0.497. The Labute approximate surface area is 76.7 Å². The number of thiazole rings is 1. The molecule has 0 amide bonds. The number of thioether (sulfide) groups is 1. The van der Waals surface area contributed by atoms with Gasteiger partial charge in [-0.1, -0.05) is 15.9 Å². The summed E-state index contributed by atoms with van der Waals surface area (Å²) >= 11 is 6.61. The van der Waals surface area contributed by atoms with Crippen LogP contribution < -0.4 is 0 Å². The van der Waals surface area contributed by atoms with Crippen molar-refractivity contribution in [1.82, 2.24) is 4.98 Å². The molecule has 1 aromatic rings. The first-order valence-electron chi connectivity index (χ1n) is 2.63. The van der Waals surface area contributed by atoms with Crippen LogP contribution >= 0.6 is 39.0 Å². The molecule has 0 aliphatic carbocycles. The monoisotopic (exact) mass is 235 g/mol. The largest absolute Gasteiger partial charge is 0.244 e. The fourth-order valence-corrected chi connectivity index (χ4v) is 2.22. The van der Waals surface area contributed by atoms with Gasteiger partial charge in [-0.05, 0) is 17.3 Å². The van der Waals surface area contributed by atoms with Crippen LogP contribution in [0.25, 0.3) is 6.08 Å². The lowest BCUT2D eigenvalue weighted by Gasteiger charge is -1.79. The van der Waals surface area contributed by atoms with Crippen LogP contribution in [0.5, 0.6) is 0 Å². The van der Waals surface area contributed by atoms with Gasteiger partial charge in [0.2, 0.25) is 0 Å². The first-order chi connectivity index (χ1) is 4.86. The highest BCUT2D eigenvalue weighted by atomic mass is 79.9. The zero-order valence-electron chi connectivity index (χ0n) is 5.37. The van der Waals surface area contributed by atoms with Gasteiger partial charge in [0.15, 0.2) is 0 Å². The van der Waals surface area contributed by atoms with Crippen molar-refractivity contribution >= 4 is 45.1 Å². The summed E-state index contributed by atoms with van der Waals surface area (Å²) < 4.78 is 1.25. The van der Waals surface area contributed by atoms with Gasteiger partial charge in [0.1, 0.15) is 5.01 Å². The van der Waals surface area contributed by atoms with Crippen molar-refractivity contribution in [3.05, 3.63) is 16.2 Å². The molecular weight excluding hydrogens is 230 g/mol. The molecule has 0 radical (unpaired) electrons. The van der Waals surface area contributed by atoms with Crippen LogP contribution in [0.15, 0.2) is 15.4 Å². The number of aromatic nitrogens is 1. The molecular formula is C6H6BrNS2. The summed E-state index contributed by atoms with van der Waals surface area (Å²) in [6, 6.07) is 0. The average molecular weight is 236 g/mol. The smallest absolute Gasteiger partial charge is 0.117 e. The Morgan fingerprint density at radius 3 is 3.10 bits per heavy atom. The van der Waals surface area contributed by atoms with E-state index in [-0.39, 0.29) is 0 Å². The maximum Gasteiger partial charge on any atom is 0.117 e. The topological polar surface area (TPSA) is 12.9 Å². The first-order valence-corrected chi connectivity index (χ1v) is 5.59. The highest BCUT2D eigenvalue weighted by molar-refractivity contribution is 9.11. The number of rotatable bonds is 2. The van der Waals surface area contributed by atoms with E-state index in [0.717, 1.165) is 5.01 Å². The molecule has 0 spiro atoms. The van der Waals surface area contributed by atoms with E-state index in [1.807, 2.05) is 17.3 Å². The lowest BCUT2D eigenvalue weighted by atomic mass is 10.7. The first kappa shape index (κ1) is 8.30. The molecule has 1 heterocycles. The van der Waals surface area contributed by atoms with Crippen molar-refractivity contribution in [2.75, 3.05) is 6.26 Å². The van der Waals surface area contributed by atoms with Gasteiger partial charge < -0.3 is 0 Å². The molecule has 0 saturated carbocycles. The van der Waals surface area contributed by atoms with E-state index in [0.29, 0.717) is 0 Å². The van der Waals surface area contributed by atoms with Gasteiger partial charge >= 0.3 is 0 Å². The summed E-state index contributed by atoms with van der Waals surface area (Å²) in [7, 11) is 0. The van der Waals surface area contributed by atoms with Crippen LogP contribution in [-0.2, 0) is 0 Å². The maximum absolute atomic E-state index is 4.16. The minimum atomic E-state index is 1.04. The quantitative estimate of drug-likeness (QED) is 0.731. The highest BCUT2D eigenvalue weighted by Gasteiger charge is 1.94. The summed E-state index contributed by atoms with van der Waals surface area (Å²) in [5.74, 6) is 0. The maximum atomic E-state index is 4.16. The second kappa shape index (κ2) is 4.16. The summed E-state index contributed by atoms with van der Waals surface area (Å²) in [5, 5.41) is 1.04. The van der Waals surface area contributed by atoms with Gasteiger partial charge in [-0.2, -0.15) is 0 Å². The van der Waals surface area contributed by atoms with Gasteiger partial charge in [-0.25, -0.2) is 4.98 Å². The Morgan fingerprint density at radius 2 is 2.60 bits per heavy atom. The van der Waals surface area contributed by atoms with Gasteiger partial charge in [0.05, 0.1) is 10.4 Å². The predicted octanol–water partition coefficient (Wildman–Crippen LogP) is 3.23. The molecule has 0 aliphatic rings. The molecule has 1 nitrogen and oxygen atoms in total. The van der Waals surface area contributed by atoms with E-state index in [2.05, 4.69) is 27.2 Å². The molecule has 0 unspecified atom stereocenters. The molecule has 0 atom stereocenters. The van der Waals surface area contributed by atoms with Crippen LogP contribution in [0.1, 0.15) is 5.01 Å². The number of halogens is 1. The molecule has 0 fully saturated rings. The van der Waals surface area contributed by atoms with Crippen LogP contribution in [0.2, 0.25) is 0 Å². The third kappa shape index (κ3) is 2.11. The lowest BCUT2D eigenvalue weighted by Crippen LogP contribution is -1.59. The number of nitrogens with zero attached hydrogens (tertiary/aromatic N) is 1. The van der Waals surface area contributed by atoms with Gasteiger partial charge in [0, 0.05) is 0 Å². The Morgan fingerprint density at radius 1 is 1.80 bits per heavy atom. The van der Waals surface area contributed by atoms with E-state index >= 15 is 0 Å². The molecule has 0 bridgehead atoms. The summed E-state index contributed by atoms with van der Waals surface area (Å²) in [6.45, 7) is 0. The molecule has 0 aromatic carbocycles. The van der Waals surface area contributed by atoms with E-state index in [4.69, 9.17) is 0 Å². The lowest BCUT2D eigenvalue weighted by molar-refractivity contribution is 1.36. The van der Waals surface area contributed by atoms with Crippen LogP contribution in [0, 0.1) is 0 Å². The van der Waals surface area contributed by atoms with Crippen molar-refractivity contribution in [3.63, 3.8) is 0 Å². The second-order valence-electron chi connectivity index (χ2n) is 1.51. The summed E-state index contributed by atoms with van der Waals surface area (Å²) in [4.78, 5) is 5.97. The Kier molecular flexibility index (Phi) is 3.45. The third-order valence-electron chi connectivity index (χ3n) is 0.909. The van der Waals surface area contributed by atoms with Crippen molar-refractivity contribution < 1.29 is 0 Å². The Balaban J connectivity index is 2.78. The SMILES string of the molecule is CSc1cnc(/C=C/Br)s1. The van der Waals surface area contributed by atoms with E-state index in [1.54, 1.807) is 23.1 Å². The van der Waals surface area contributed by atoms with Gasteiger partial charge in [-0.15, -0.1) is 23.1 Å². The molecule has 10 heavy (non-hydrogen) atoms. The molecule has 1 rings (SSSR count). The van der Waals surface area contributed by atoms with Crippen LogP contribution in [0.4, 0.5) is 0 Å². The second-order valence-corrected chi connectivity index (χ2v) is 4.21. The summed E-state index contributed by atoms with van der Waals surface area (Å²) in [5.41, 5.74) is 0. The zero-order valence-corrected chi connectivity index (χ0v) is 8.59. The van der Waals surface area contributed by atoms with Gasteiger partial charge in [0.25, 0.3) is 0 Å². The van der Waals surface area contributed by atoms with Crippen molar-refractivity contribution in [1.29, 1.82) is 0 Å². The van der Waals surface area contributed by atoms with Crippen molar-refractivity contribution in [3.8, 4) is 0 Å². The highest BCUT2D eigenvalue weighted by Crippen LogP contribution is 2.23. The summed E-state index contributed by atoms with van der Waals surface area (Å²) in [6.07, 6.45) is 5.87. The Bertz CT molecular complexity index is 231. The molecule has 4 heteroatoms. The molecule has 54 valence electrons. The van der Waals surface area contributed by atoms with E-state index in [1.165, 1.54) is 4.21 Å². The van der Waals surface area contributed by atoms with Crippen molar-refractivity contribution in [2.24, 2.45) is 0 Å². The molecule has 0 aliphatic heterocycles. The standard InChI is InChI=1S/C6H6BrNS2/c1-9-6-4-8-5(10-6)2-3-7/h2-4H,1H3/b3-2+. The predicted molar refractivity (Wildman–Crippen MR) is 51.9 cm³/mol. The van der Waals surface area contributed by atoms with Gasteiger partial charge in [-0.3, -0.25) is 0 Å². The minimum Gasteiger partial charge on any atom is -0.244 e. The molecule has 1 aromatic heterocycles. The Hall–Kier alpha value is 0.200. The van der Waals surface area contributed by atoms with E-state index < -0.39 is 0 Å². The number of hydrogen-bond donors (Lipinski definition) is 0. The molecule has 0 saturated heterocycles.